The molecule has 118 valence electrons. The van der Waals surface area contributed by atoms with E-state index in [1.54, 1.807) is 0 Å². The van der Waals surface area contributed by atoms with Crippen LogP contribution in [0.5, 0.6) is 0 Å². The predicted octanol–water partition coefficient (Wildman–Crippen LogP) is 2.10. The number of carbonyl (C=O) groups is 1. The Morgan fingerprint density at radius 3 is 2.45 bits per heavy atom. The molecule has 0 aromatic rings. The van der Waals surface area contributed by atoms with Gasteiger partial charge in [-0.15, -0.1) is 0 Å². The van der Waals surface area contributed by atoms with Crippen molar-refractivity contribution in [2.45, 2.75) is 44.8 Å². The molecule has 1 saturated heterocycles. The maximum absolute atomic E-state index is 12.5. The number of rotatable bonds is 7. The van der Waals surface area contributed by atoms with Gasteiger partial charge in [-0.05, 0) is 45.3 Å². The molecule has 0 radical (unpaired) electrons. The molecule has 1 aliphatic heterocycles. The van der Waals surface area contributed by atoms with Gasteiger partial charge in [-0.25, -0.2) is 0 Å². The standard InChI is InChI=1S/C13H23F3N2O2/c1-2-6-17-11(12(19)20)5-9-18-7-3-10(4-8-18)13(14,15)16/h10-11,17H,2-9H2,1H3,(H,19,20). The van der Waals surface area contributed by atoms with Crippen molar-refractivity contribution in [3.05, 3.63) is 0 Å². The normalized spacial score (nSPS) is 20.0. The molecule has 7 heteroatoms. The Balaban J connectivity index is 2.30. The number of carboxylic acids is 1. The average Bonchev–Trinajstić information content (AvgIpc) is 2.38. The topological polar surface area (TPSA) is 52.6 Å². The predicted molar refractivity (Wildman–Crippen MR) is 69.6 cm³/mol. The van der Waals surface area contributed by atoms with E-state index in [9.17, 15) is 18.0 Å². The van der Waals surface area contributed by atoms with E-state index in [4.69, 9.17) is 5.11 Å². The Bertz CT molecular complexity index is 302. The fourth-order valence-corrected chi connectivity index (χ4v) is 2.43. The molecule has 1 unspecified atom stereocenters. The number of nitrogens with one attached hydrogen (secondary N) is 1. The van der Waals surface area contributed by atoms with E-state index in [0.29, 0.717) is 32.6 Å². The molecule has 1 atom stereocenters. The zero-order valence-electron chi connectivity index (χ0n) is 11.7. The highest BCUT2D eigenvalue weighted by Crippen LogP contribution is 2.34. The van der Waals surface area contributed by atoms with E-state index in [2.05, 4.69) is 5.32 Å². The van der Waals surface area contributed by atoms with Crippen LogP contribution < -0.4 is 5.32 Å². The van der Waals surface area contributed by atoms with Gasteiger partial charge in [0.2, 0.25) is 0 Å². The van der Waals surface area contributed by atoms with Gasteiger partial charge in [-0.1, -0.05) is 6.92 Å². The molecule has 1 fully saturated rings. The third-order valence-corrected chi connectivity index (χ3v) is 3.72. The minimum absolute atomic E-state index is 0.115. The maximum Gasteiger partial charge on any atom is 0.391 e. The molecule has 4 nitrogen and oxygen atoms in total. The Hall–Kier alpha value is -0.820. The summed E-state index contributed by atoms with van der Waals surface area (Å²) in [5, 5.41) is 12.0. The molecule has 0 aromatic heterocycles. The Morgan fingerprint density at radius 2 is 2.00 bits per heavy atom. The third kappa shape index (κ3) is 5.66. The van der Waals surface area contributed by atoms with Crippen molar-refractivity contribution in [2.75, 3.05) is 26.2 Å². The van der Waals surface area contributed by atoms with Crippen molar-refractivity contribution in [3.63, 3.8) is 0 Å². The van der Waals surface area contributed by atoms with Gasteiger partial charge in [0.15, 0.2) is 0 Å². The van der Waals surface area contributed by atoms with Gasteiger partial charge in [-0.3, -0.25) is 4.79 Å². The highest BCUT2D eigenvalue weighted by Gasteiger charge is 2.40. The van der Waals surface area contributed by atoms with E-state index in [0.717, 1.165) is 6.42 Å². The first-order valence-corrected chi connectivity index (χ1v) is 7.09. The number of nitrogens with zero attached hydrogens (tertiary/aromatic N) is 1. The zero-order valence-corrected chi connectivity index (χ0v) is 11.7. The molecule has 1 heterocycles. The molecule has 1 aliphatic rings. The van der Waals surface area contributed by atoms with Gasteiger partial charge in [0.25, 0.3) is 0 Å². The van der Waals surface area contributed by atoms with Crippen LogP contribution in [-0.2, 0) is 4.79 Å². The number of carboxylic acid groups (broad SMARTS) is 1. The number of aliphatic carboxylic acids is 1. The molecule has 0 bridgehead atoms. The van der Waals surface area contributed by atoms with Gasteiger partial charge < -0.3 is 15.3 Å². The van der Waals surface area contributed by atoms with Crippen molar-refractivity contribution in [2.24, 2.45) is 5.92 Å². The largest absolute Gasteiger partial charge is 0.480 e. The van der Waals surface area contributed by atoms with Crippen molar-refractivity contribution in [1.82, 2.24) is 10.2 Å². The van der Waals surface area contributed by atoms with Crippen LogP contribution in [0.25, 0.3) is 0 Å². The highest BCUT2D eigenvalue weighted by molar-refractivity contribution is 5.73. The van der Waals surface area contributed by atoms with Gasteiger partial charge >= 0.3 is 12.1 Å². The lowest BCUT2D eigenvalue weighted by Gasteiger charge is -2.33. The molecule has 0 aromatic carbocycles. The lowest BCUT2D eigenvalue weighted by atomic mass is 9.96. The summed E-state index contributed by atoms with van der Waals surface area (Å²) in [5.74, 6) is -2.10. The number of halogens is 3. The molecule has 0 spiro atoms. The van der Waals surface area contributed by atoms with Crippen LogP contribution in [0.4, 0.5) is 13.2 Å². The summed E-state index contributed by atoms with van der Waals surface area (Å²) in [6.45, 7) is 3.90. The van der Waals surface area contributed by atoms with Crippen LogP contribution in [0, 0.1) is 5.92 Å². The van der Waals surface area contributed by atoms with Crippen LogP contribution in [0.15, 0.2) is 0 Å². The van der Waals surface area contributed by atoms with Crippen molar-refractivity contribution in [3.8, 4) is 0 Å². The fraction of sp³-hybridized carbons (Fsp3) is 0.923. The quantitative estimate of drug-likeness (QED) is 0.755. The number of likely N-dealkylation sites (tertiary alicyclic amines) is 1. The van der Waals surface area contributed by atoms with Crippen LogP contribution in [-0.4, -0.2) is 54.4 Å². The fourth-order valence-electron chi connectivity index (χ4n) is 2.43. The first kappa shape index (κ1) is 17.2. The molecule has 0 amide bonds. The Morgan fingerprint density at radius 1 is 1.40 bits per heavy atom. The van der Waals surface area contributed by atoms with Crippen LogP contribution >= 0.6 is 0 Å². The number of piperidine rings is 1. The van der Waals surface area contributed by atoms with E-state index in [1.807, 2.05) is 11.8 Å². The number of hydrogen-bond donors (Lipinski definition) is 2. The average molecular weight is 296 g/mol. The summed E-state index contributed by atoms with van der Waals surface area (Å²) >= 11 is 0. The summed E-state index contributed by atoms with van der Waals surface area (Å²) in [6, 6.07) is -0.615. The van der Waals surface area contributed by atoms with Gasteiger partial charge in [0.1, 0.15) is 6.04 Å². The Kier molecular flexibility index (Phi) is 6.75. The zero-order chi connectivity index (χ0) is 15.2. The minimum atomic E-state index is -4.10. The van der Waals surface area contributed by atoms with Gasteiger partial charge in [-0.2, -0.15) is 13.2 Å². The summed E-state index contributed by atoms with van der Waals surface area (Å²) < 4.78 is 37.6. The van der Waals surface area contributed by atoms with E-state index >= 15 is 0 Å². The number of hydrogen-bond acceptors (Lipinski definition) is 3. The van der Waals surface area contributed by atoms with Crippen LogP contribution in [0.1, 0.15) is 32.6 Å². The smallest absolute Gasteiger partial charge is 0.391 e. The Labute approximate surface area is 117 Å². The second-order valence-electron chi connectivity index (χ2n) is 5.29. The molecule has 0 aliphatic carbocycles. The monoisotopic (exact) mass is 296 g/mol. The first-order valence-electron chi connectivity index (χ1n) is 7.09. The molecular formula is C13H23F3N2O2. The maximum atomic E-state index is 12.5. The highest BCUT2D eigenvalue weighted by atomic mass is 19.4. The van der Waals surface area contributed by atoms with Crippen molar-refractivity contribution in [1.29, 1.82) is 0 Å². The second-order valence-corrected chi connectivity index (χ2v) is 5.29. The molecule has 0 saturated carbocycles. The van der Waals surface area contributed by atoms with Gasteiger partial charge in [0, 0.05) is 6.54 Å². The summed E-state index contributed by atoms with van der Waals surface area (Å²) in [5.41, 5.74) is 0. The van der Waals surface area contributed by atoms with Crippen LogP contribution in [0.2, 0.25) is 0 Å². The molecular weight excluding hydrogens is 273 g/mol. The summed E-state index contributed by atoms with van der Waals surface area (Å²) in [6.07, 6.45) is -2.60. The molecule has 20 heavy (non-hydrogen) atoms. The van der Waals surface area contributed by atoms with Crippen molar-refractivity contribution < 1.29 is 23.1 Å². The van der Waals surface area contributed by atoms with Gasteiger partial charge in [0.05, 0.1) is 5.92 Å². The second kappa shape index (κ2) is 7.83. The van der Waals surface area contributed by atoms with E-state index < -0.39 is 24.1 Å². The SMILES string of the molecule is CCCNC(CCN1CCC(C(F)(F)F)CC1)C(=O)O. The van der Waals surface area contributed by atoms with E-state index in [-0.39, 0.29) is 12.8 Å². The van der Waals surface area contributed by atoms with Crippen molar-refractivity contribution >= 4 is 5.97 Å². The molecule has 2 N–H and O–H groups in total. The molecule has 1 rings (SSSR count). The van der Waals surface area contributed by atoms with Crippen LogP contribution in [0.3, 0.4) is 0 Å². The third-order valence-electron chi connectivity index (χ3n) is 3.72. The lowest BCUT2D eigenvalue weighted by Crippen LogP contribution is -2.43. The summed E-state index contributed by atoms with van der Waals surface area (Å²) in [7, 11) is 0. The number of alkyl halides is 3. The summed E-state index contributed by atoms with van der Waals surface area (Å²) in [4.78, 5) is 13.0. The minimum Gasteiger partial charge on any atom is -0.480 e. The first-order chi connectivity index (χ1) is 9.34. The van der Waals surface area contributed by atoms with E-state index in [1.165, 1.54) is 0 Å². The lowest BCUT2D eigenvalue weighted by molar-refractivity contribution is -0.185.